The van der Waals surface area contributed by atoms with Crippen LogP contribution < -0.4 is 16.4 Å². The van der Waals surface area contributed by atoms with Crippen molar-refractivity contribution in [1.82, 2.24) is 10.6 Å². The van der Waals surface area contributed by atoms with Gasteiger partial charge in [-0.05, 0) is 18.8 Å². The quantitative estimate of drug-likeness (QED) is 0.432. The van der Waals surface area contributed by atoms with Gasteiger partial charge in [0.25, 0.3) is 0 Å². The Kier molecular flexibility index (Phi) is 8.30. The van der Waals surface area contributed by atoms with Gasteiger partial charge in [0, 0.05) is 13.7 Å². The van der Waals surface area contributed by atoms with E-state index in [9.17, 15) is 14.4 Å². The number of nitrogens with one attached hydrogen (secondary N) is 2. The average molecular weight is 289 g/mol. The zero-order valence-electron chi connectivity index (χ0n) is 12.0. The molecule has 0 aromatic rings. The highest BCUT2D eigenvalue weighted by molar-refractivity contribution is 5.88. The third-order valence-corrected chi connectivity index (χ3v) is 2.70. The molecule has 20 heavy (non-hydrogen) atoms. The number of urea groups is 1. The number of nitrogens with two attached hydrogens (primary N) is 1. The fourth-order valence-corrected chi connectivity index (χ4v) is 1.60. The summed E-state index contributed by atoms with van der Waals surface area (Å²) in [6, 6.07) is -2.61. The Labute approximate surface area is 118 Å². The number of methoxy groups -OCH3 is 1. The molecular formula is C12H23N3O5. The van der Waals surface area contributed by atoms with Gasteiger partial charge in [0.2, 0.25) is 5.91 Å². The van der Waals surface area contributed by atoms with Crippen LogP contribution >= 0.6 is 0 Å². The molecule has 8 heteroatoms. The second-order valence-corrected chi connectivity index (χ2v) is 4.77. The summed E-state index contributed by atoms with van der Waals surface area (Å²) in [5, 5.41) is 13.7. The molecule has 0 aromatic carbocycles. The first-order valence-corrected chi connectivity index (χ1v) is 6.37. The maximum atomic E-state index is 11.7. The first-order valence-electron chi connectivity index (χ1n) is 6.37. The van der Waals surface area contributed by atoms with Crippen molar-refractivity contribution >= 4 is 17.9 Å². The van der Waals surface area contributed by atoms with Crippen molar-refractivity contribution in [2.24, 2.45) is 11.7 Å². The van der Waals surface area contributed by atoms with Crippen LogP contribution in [0.2, 0.25) is 0 Å². The highest BCUT2D eigenvalue weighted by atomic mass is 16.5. The molecule has 0 bridgehead atoms. The average Bonchev–Trinajstić information content (AvgIpc) is 2.34. The van der Waals surface area contributed by atoms with Crippen molar-refractivity contribution < 1.29 is 24.2 Å². The lowest BCUT2D eigenvalue weighted by Crippen LogP contribution is -2.54. The first kappa shape index (κ1) is 18.2. The van der Waals surface area contributed by atoms with Crippen LogP contribution in [0.4, 0.5) is 4.79 Å². The molecule has 3 amide bonds. The third kappa shape index (κ3) is 6.93. The summed E-state index contributed by atoms with van der Waals surface area (Å²) in [4.78, 5) is 33.8. The molecule has 0 radical (unpaired) electrons. The number of ether oxygens (including phenoxy) is 1. The molecule has 116 valence electrons. The Hall–Kier alpha value is -1.83. The van der Waals surface area contributed by atoms with Gasteiger partial charge in [0.15, 0.2) is 0 Å². The molecule has 5 N–H and O–H groups in total. The molecule has 0 aliphatic rings. The Bertz CT molecular complexity index is 346. The predicted molar refractivity (Wildman–Crippen MR) is 72.0 cm³/mol. The largest absolute Gasteiger partial charge is 0.480 e. The van der Waals surface area contributed by atoms with Crippen molar-refractivity contribution in [1.29, 1.82) is 0 Å². The van der Waals surface area contributed by atoms with Gasteiger partial charge in [-0.2, -0.15) is 0 Å². The number of carboxylic acid groups (broad SMARTS) is 1. The number of carbonyl (C=O) groups is 3. The second-order valence-electron chi connectivity index (χ2n) is 4.77. The summed E-state index contributed by atoms with van der Waals surface area (Å²) >= 11 is 0. The molecule has 0 rings (SSSR count). The van der Waals surface area contributed by atoms with Crippen molar-refractivity contribution in [3.8, 4) is 0 Å². The molecule has 0 saturated heterocycles. The molecule has 0 fully saturated rings. The van der Waals surface area contributed by atoms with Crippen LogP contribution in [-0.4, -0.2) is 48.8 Å². The van der Waals surface area contributed by atoms with Crippen molar-refractivity contribution in [2.45, 2.75) is 38.8 Å². The minimum atomic E-state index is -1.14. The summed E-state index contributed by atoms with van der Waals surface area (Å²) in [5.74, 6) is -1.99. The van der Waals surface area contributed by atoms with E-state index >= 15 is 0 Å². The Morgan fingerprint density at radius 1 is 1.25 bits per heavy atom. The molecule has 0 heterocycles. The topological polar surface area (TPSA) is 131 Å². The molecule has 2 atom stereocenters. The molecule has 0 spiro atoms. The number of primary amides is 1. The van der Waals surface area contributed by atoms with Crippen LogP contribution in [0.15, 0.2) is 0 Å². The molecule has 0 aromatic heterocycles. The van der Waals surface area contributed by atoms with Gasteiger partial charge in [-0.1, -0.05) is 13.8 Å². The SMILES string of the molecule is COCCCC(NC(=O)NC(C(N)=O)C(C)C)C(=O)O. The van der Waals surface area contributed by atoms with E-state index in [-0.39, 0.29) is 12.3 Å². The molecule has 0 saturated carbocycles. The number of aliphatic carboxylic acids is 1. The number of hydrogen-bond donors (Lipinski definition) is 4. The van der Waals surface area contributed by atoms with Crippen molar-refractivity contribution in [3.63, 3.8) is 0 Å². The van der Waals surface area contributed by atoms with Gasteiger partial charge in [-0.3, -0.25) is 4.79 Å². The highest BCUT2D eigenvalue weighted by Gasteiger charge is 2.24. The number of hydrogen-bond acceptors (Lipinski definition) is 4. The van der Waals surface area contributed by atoms with Gasteiger partial charge in [-0.15, -0.1) is 0 Å². The van der Waals surface area contributed by atoms with E-state index in [0.29, 0.717) is 13.0 Å². The lowest BCUT2D eigenvalue weighted by atomic mass is 10.0. The monoisotopic (exact) mass is 289 g/mol. The van der Waals surface area contributed by atoms with Gasteiger partial charge in [-0.25, -0.2) is 9.59 Å². The number of amides is 3. The Morgan fingerprint density at radius 2 is 1.85 bits per heavy atom. The smallest absolute Gasteiger partial charge is 0.326 e. The van der Waals surface area contributed by atoms with E-state index < -0.39 is 30.0 Å². The molecule has 8 nitrogen and oxygen atoms in total. The summed E-state index contributed by atoms with van der Waals surface area (Å²) in [6.07, 6.45) is 0.733. The van der Waals surface area contributed by atoms with Crippen molar-refractivity contribution in [2.75, 3.05) is 13.7 Å². The zero-order valence-corrected chi connectivity index (χ0v) is 12.0. The summed E-state index contributed by atoms with van der Waals surface area (Å²) in [6.45, 7) is 3.86. The van der Waals surface area contributed by atoms with E-state index in [1.54, 1.807) is 13.8 Å². The van der Waals surface area contributed by atoms with E-state index in [1.165, 1.54) is 7.11 Å². The standard InChI is InChI=1S/C12H23N3O5/c1-7(2)9(10(13)16)15-12(19)14-8(11(17)18)5-4-6-20-3/h7-9H,4-6H2,1-3H3,(H2,13,16)(H,17,18)(H2,14,15,19). The van der Waals surface area contributed by atoms with Gasteiger partial charge < -0.3 is 26.2 Å². The highest BCUT2D eigenvalue weighted by Crippen LogP contribution is 2.02. The number of rotatable bonds is 9. The fraction of sp³-hybridized carbons (Fsp3) is 0.750. The third-order valence-electron chi connectivity index (χ3n) is 2.70. The first-order chi connectivity index (χ1) is 9.29. The maximum absolute atomic E-state index is 11.7. The van der Waals surface area contributed by atoms with E-state index in [2.05, 4.69) is 10.6 Å². The van der Waals surface area contributed by atoms with Crippen LogP contribution in [0.25, 0.3) is 0 Å². The fourth-order valence-electron chi connectivity index (χ4n) is 1.60. The lowest BCUT2D eigenvalue weighted by molar-refractivity contribution is -0.139. The van der Waals surface area contributed by atoms with Gasteiger partial charge in [0.1, 0.15) is 12.1 Å². The molecule has 2 unspecified atom stereocenters. The lowest BCUT2D eigenvalue weighted by Gasteiger charge is -2.21. The van der Waals surface area contributed by atoms with Gasteiger partial charge >= 0.3 is 12.0 Å². The number of carboxylic acids is 1. The normalized spacial score (nSPS) is 13.6. The molecular weight excluding hydrogens is 266 g/mol. The number of carbonyl (C=O) groups excluding carboxylic acids is 2. The van der Waals surface area contributed by atoms with Crippen LogP contribution in [0.1, 0.15) is 26.7 Å². The summed E-state index contributed by atoms with van der Waals surface area (Å²) in [5.41, 5.74) is 5.16. The minimum Gasteiger partial charge on any atom is -0.480 e. The van der Waals surface area contributed by atoms with Crippen LogP contribution in [0, 0.1) is 5.92 Å². The summed E-state index contributed by atoms with van der Waals surface area (Å²) < 4.78 is 4.82. The van der Waals surface area contributed by atoms with E-state index in [4.69, 9.17) is 15.6 Å². The van der Waals surface area contributed by atoms with E-state index in [1.807, 2.05) is 0 Å². The molecule has 0 aliphatic carbocycles. The zero-order chi connectivity index (χ0) is 15.7. The van der Waals surface area contributed by atoms with Crippen LogP contribution in [0.5, 0.6) is 0 Å². The Morgan fingerprint density at radius 3 is 2.25 bits per heavy atom. The molecule has 0 aliphatic heterocycles. The second kappa shape index (κ2) is 9.13. The summed E-state index contributed by atoms with van der Waals surface area (Å²) in [7, 11) is 1.51. The van der Waals surface area contributed by atoms with Gasteiger partial charge in [0.05, 0.1) is 0 Å². The predicted octanol–water partition coefficient (Wildman–Crippen LogP) is -0.325. The van der Waals surface area contributed by atoms with Crippen LogP contribution in [-0.2, 0) is 14.3 Å². The van der Waals surface area contributed by atoms with Crippen molar-refractivity contribution in [3.05, 3.63) is 0 Å². The Balaban J connectivity index is 4.44. The van der Waals surface area contributed by atoms with E-state index in [0.717, 1.165) is 0 Å². The minimum absolute atomic E-state index is 0.185. The van der Waals surface area contributed by atoms with Crippen LogP contribution in [0.3, 0.4) is 0 Å². The maximum Gasteiger partial charge on any atom is 0.326 e.